The molecule has 0 radical (unpaired) electrons. The van der Waals surface area contributed by atoms with E-state index in [0.29, 0.717) is 0 Å². The molecule has 1 aromatic carbocycles. The largest absolute Gasteiger partial charge is 0.481 e. The molecule has 0 aliphatic rings. The van der Waals surface area contributed by atoms with Crippen LogP contribution in [0.2, 0.25) is 0 Å². The third-order valence-corrected chi connectivity index (χ3v) is 2.26. The highest BCUT2D eigenvalue weighted by Gasteiger charge is 2.18. The molecule has 3 amide bonds. The third kappa shape index (κ3) is 4.23. The zero-order valence-corrected chi connectivity index (χ0v) is 10.8. The second kappa shape index (κ2) is 6.50. The molecule has 1 atom stereocenters. The number of imide groups is 1. The maximum Gasteiger partial charge on any atom is 0.335 e. The van der Waals surface area contributed by atoms with Gasteiger partial charge in [0.25, 0.3) is 5.91 Å². The SMILES string of the molecule is CNC(=O)NC(=O)C(C)Oc1cc(F)cc(C(=O)O)c1. The van der Waals surface area contributed by atoms with Crippen LogP contribution in [0.4, 0.5) is 9.18 Å². The van der Waals surface area contributed by atoms with Gasteiger partial charge in [-0.3, -0.25) is 10.1 Å². The lowest BCUT2D eigenvalue weighted by Gasteiger charge is -2.14. The summed E-state index contributed by atoms with van der Waals surface area (Å²) in [6.45, 7) is 1.34. The molecule has 3 N–H and O–H groups in total. The van der Waals surface area contributed by atoms with E-state index in [1.54, 1.807) is 0 Å². The Kier molecular flexibility index (Phi) is 5.01. The Balaban J connectivity index is 2.80. The lowest BCUT2D eigenvalue weighted by Crippen LogP contribution is -2.43. The van der Waals surface area contributed by atoms with E-state index in [1.807, 2.05) is 5.32 Å². The van der Waals surface area contributed by atoms with Crippen LogP contribution >= 0.6 is 0 Å². The van der Waals surface area contributed by atoms with Gasteiger partial charge >= 0.3 is 12.0 Å². The summed E-state index contributed by atoms with van der Waals surface area (Å²) >= 11 is 0. The van der Waals surface area contributed by atoms with Crippen molar-refractivity contribution >= 4 is 17.9 Å². The maximum atomic E-state index is 13.2. The Labute approximate surface area is 113 Å². The molecule has 8 heteroatoms. The molecule has 0 heterocycles. The van der Waals surface area contributed by atoms with Crippen LogP contribution in [0.3, 0.4) is 0 Å². The number of carboxylic acids is 1. The van der Waals surface area contributed by atoms with E-state index in [0.717, 1.165) is 18.2 Å². The Hall–Kier alpha value is -2.64. The Morgan fingerprint density at radius 2 is 1.95 bits per heavy atom. The van der Waals surface area contributed by atoms with Crippen molar-refractivity contribution in [2.45, 2.75) is 13.0 Å². The van der Waals surface area contributed by atoms with Crippen molar-refractivity contribution in [1.82, 2.24) is 10.6 Å². The van der Waals surface area contributed by atoms with Gasteiger partial charge in [0, 0.05) is 13.1 Å². The summed E-state index contributed by atoms with van der Waals surface area (Å²) in [6.07, 6.45) is -1.10. The number of urea groups is 1. The number of benzene rings is 1. The number of amides is 3. The summed E-state index contributed by atoms with van der Waals surface area (Å²) in [5.74, 6) is -3.00. The van der Waals surface area contributed by atoms with Crippen LogP contribution < -0.4 is 15.4 Å². The molecule has 0 aliphatic heterocycles. The van der Waals surface area contributed by atoms with Gasteiger partial charge in [0.1, 0.15) is 11.6 Å². The van der Waals surface area contributed by atoms with Crippen molar-refractivity contribution in [2.24, 2.45) is 0 Å². The molecule has 0 saturated carbocycles. The normalized spacial score (nSPS) is 11.3. The van der Waals surface area contributed by atoms with Gasteiger partial charge in [0.05, 0.1) is 5.56 Å². The number of halogens is 1. The van der Waals surface area contributed by atoms with Gasteiger partial charge < -0.3 is 15.2 Å². The second-order valence-corrected chi connectivity index (χ2v) is 3.81. The second-order valence-electron chi connectivity index (χ2n) is 3.81. The van der Waals surface area contributed by atoms with Gasteiger partial charge in [-0.05, 0) is 19.1 Å². The van der Waals surface area contributed by atoms with E-state index in [4.69, 9.17) is 9.84 Å². The summed E-state index contributed by atoms with van der Waals surface area (Å²) in [7, 11) is 1.33. The zero-order valence-electron chi connectivity index (χ0n) is 10.8. The maximum absolute atomic E-state index is 13.2. The van der Waals surface area contributed by atoms with Crippen LogP contribution in [0.5, 0.6) is 5.75 Å². The summed E-state index contributed by atoms with van der Waals surface area (Å²) in [6, 6.07) is 2.13. The molecule has 1 aromatic rings. The molecule has 0 aliphatic carbocycles. The Morgan fingerprint density at radius 1 is 1.30 bits per heavy atom. The van der Waals surface area contributed by atoms with Crippen LogP contribution in [-0.4, -0.2) is 36.2 Å². The smallest absolute Gasteiger partial charge is 0.335 e. The number of nitrogens with one attached hydrogen (secondary N) is 2. The van der Waals surface area contributed by atoms with Crippen LogP contribution in [0, 0.1) is 5.82 Å². The lowest BCUT2D eigenvalue weighted by molar-refractivity contribution is -0.126. The van der Waals surface area contributed by atoms with Gasteiger partial charge in [-0.2, -0.15) is 0 Å². The number of hydrogen-bond donors (Lipinski definition) is 3. The Bertz CT molecular complexity index is 547. The highest BCUT2D eigenvalue weighted by molar-refractivity contribution is 5.96. The quantitative estimate of drug-likeness (QED) is 0.756. The van der Waals surface area contributed by atoms with Gasteiger partial charge in [-0.25, -0.2) is 14.0 Å². The van der Waals surface area contributed by atoms with Gasteiger partial charge in [0.15, 0.2) is 6.10 Å². The lowest BCUT2D eigenvalue weighted by atomic mass is 10.2. The van der Waals surface area contributed by atoms with E-state index in [9.17, 15) is 18.8 Å². The number of rotatable bonds is 4. The van der Waals surface area contributed by atoms with Crippen molar-refractivity contribution in [2.75, 3.05) is 7.05 Å². The number of hydrogen-bond acceptors (Lipinski definition) is 4. The van der Waals surface area contributed by atoms with Crippen molar-refractivity contribution in [3.63, 3.8) is 0 Å². The first kappa shape index (κ1) is 15.4. The first-order valence-electron chi connectivity index (χ1n) is 5.56. The molecule has 1 unspecified atom stereocenters. The van der Waals surface area contributed by atoms with E-state index in [2.05, 4.69) is 5.32 Å². The Morgan fingerprint density at radius 3 is 2.50 bits per heavy atom. The van der Waals surface area contributed by atoms with Gasteiger partial charge in [-0.15, -0.1) is 0 Å². The number of ether oxygens (including phenoxy) is 1. The average molecular weight is 284 g/mol. The van der Waals surface area contributed by atoms with Crippen LogP contribution in [0.25, 0.3) is 0 Å². The monoisotopic (exact) mass is 284 g/mol. The molecular weight excluding hydrogens is 271 g/mol. The van der Waals surface area contributed by atoms with Gasteiger partial charge in [-0.1, -0.05) is 0 Å². The highest BCUT2D eigenvalue weighted by atomic mass is 19.1. The first-order valence-corrected chi connectivity index (χ1v) is 5.56. The molecule has 0 spiro atoms. The molecule has 20 heavy (non-hydrogen) atoms. The number of carboxylic acid groups (broad SMARTS) is 1. The molecule has 108 valence electrons. The minimum absolute atomic E-state index is 0.123. The molecule has 0 fully saturated rings. The molecule has 0 bridgehead atoms. The molecule has 0 aromatic heterocycles. The van der Waals surface area contributed by atoms with Crippen molar-refractivity contribution in [3.8, 4) is 5.75 Å². The van der Waals surface area contributed by atoms with Crippen LogP contribution in [0.15, 0.2) is 18.2 Å². The number of carbonyl (C=O) groups excluding carboxylic acids is 2. The standard InChI is InChI=1S/C12H13FN2O5/c1-6(10(16)15-12(19)14-2)20-9-4-7(11(17)18)3-8(13)5-9/h3-6H,1-2H3,(H,17,18)(H2,14,15,16,19). The molecule has 0 saturated heterocycles. The summed E-state index contributed by atoms with van der Waals surface area (Å²) < 4.78 is 18.3. The summed E-state index contributed by atoms with van der Waals surface area (Å²) in [5.41, 5.74) is -0.307. The highest BCUT2D eigenvalue weighted by Crippen LogP contribution is 2.18. The topological polar surface area (TPSA) is 105 Å². The van der Waals surface area contributed by atoms with E-state index in [1.165, 1.54) is 14.0 Å². The van der Waals surface area contributed by atoms with E-state index in [-0.39, 0.29) is 11.3 Å². The van der Waals surface area contributed by atoms with Crippen LogP contribution in [0.1, 0.15) is 17.3 Å². The minimum Gasteiger partial charge on any atom is -0.481 e. The minimum atomic E-state index is -1.32. The van der Waals surface area contributed by atoms with Crippen molar-refractivity contribution in [3.05, 3.63) is 29.6 Å². The van der Waals surface area contributed by atoms with Crippen molar-refractivity contribution in [1.29, 1.82) is 0 Å². The van der Waals surface area contributed by atoms with E-state index < -0.39 is 29.8 Å². The first-order chi connectivity index (χ1) is 9.33. The van der Waals surface area contributed by atoms with Crippen LogP contribution in [-0.2, 0) is 4.79 Å². The molecule has 7 nitrogen and oxygen atoms in total. The predicted octanol–water partition coefficient (Wildman–Crippen LogP) is 0.747. The van der Waals surface area contributed by atoms with E-state index >= 15 is 0 Å². The zero-order chi connectivity index (χ0) is 15.3. The number of carbonyl (C=O) groups is 3. The fourth-order valence-electron chi connectivity index (χ4n) is 1.29. The van der Waals surface area contributed by atoms with Crippen molar-refractivity contribution < 1.29 is 28.6 Å². The average Bonchev–Trinajstić information content (AvgIpc) is 2.37. The summed E-state index contributed by atoms with van der Waals surface area (Å²) in [4.78, 5) is 33.2. The summed E-state index contributed by atoms with van der Waals surface area (Å²) in [5, 5.41) is 12.9. The van der Waals surface area contributed by atoms with Gasteiger partial charge in [0.2, 0.25) is 0 Å². The molecule has 1 rings (SSSR count). The predicted molar refractivity (Wildman–Crippen MR) is 66.0 cm³/mol. The fourth-order valence-corrected chi connectivity index (χ4v) is 1.29. The fraction of sp³-hybridized carbons (Fsp3) is 0.250. The number of aromatic carboxylic acids is 1. The molecular formula is C12H13FN2O5. The third-order valence-electron chi connectivity index (χ3n) is 2.26.